The Morgan fingerprint density at radius 3 is 2.50 bits per heavy atom. The van der Waals surface area contributed by atoms with Crippen molar-refractivity contribution in [2.24, 2.45) is 11.8 Å². The first-order chi connectivity index (χ1) is 12.7. The quantitative estimate of drug-likeness (QED) is 0.783. The van der Waals surface area contributed by atoms with Gasteiger partial charge in [0.2, 0.25) is 0 Å². The van der Waals surface area contributed by atoms with Crippen molar-refractivity contribution in [2.75, 3.05) is 19.6 Å². The molecular formula is C21H25N3O2. The minimum Gasteiger partial charge on any atom is -0.506 e. The molecule has 0 bridgehead atoms. The van der Waals surface area contributed by atoms with Gasteiger partial charge in [-0.25, -0.2) is 4.98 Å². The molecule has 0 spiro atoms. The number of fused-ring (bicyclic) bond motifs is 1. The van der Waals surface area contributed by atoms with Crippen molar-refractivity contribution >= 4 is 5.78 Å². The van der Waals surface area contributed by atoms with E-state index in [-0.39, 0.29) is 11.5 Å². The number of aromatic nitrogens is 1. The van der Waals surface area contributed by atoms with Crippen LogP contribution in [0.3, 0.4) is 0 Å². The molecule has 2 aliphatic rings. The summed E-state index contributed by atoms with van der Waals surface area (Å²) in [6.45, 7) is 3.35. The number of benzene rings is 1. The summed E-state index contributed by atoms with van der Waals surface area (Å²) in [6, 6.07) is 14.2. The van der Waals surface area contributed by atoms with E-state index in [4.69, 9.17) is 0 Å². The van der Waals surface area contributed by atoms with Gasteiger partial charge in [-0.05, 0) is 42.4 Å². The zero-order chi connectivity index (χ0) is 17.9. The number of Topliss-reactive ketones (excluding diaryl/α,β-unsaturated/α-hetero) is 1. The lowest BCUT2D eigenvalue weighted by atomic mass is 10.0. The summed E-state index contributed by atoms with van der Waals surface area (Å²) in [6.07, 6.45) is 3.72. The third-order valence-electron chi connectivity index (χ3n) is 5.67. The summed E-state index contributed by atoms with van der Waals surface area (Å²) in [5.41, 5.74) is 1.76. The van der Waals surface area contributed by atoms with Crippen LogP contribution in [0.2, 0.25) is 0 Å². The SMILES string of the molecule is O=C(CN1CC2CC(NCc3ccccc3)CC2C1)c1ccc(O)cn1. The highest BCUT2D eigenvalue weighted by Gasteiger charge is 2.40. The van der Waals surface area contributed by atoms with Gasteiger partial charge in [-0.3, -0.25) is 9.69 Å². The monoisotopic (exact) mass is 351 g/mol. The zero-order valence-corrected chi connectivity index (χ0v) is 14.8. The molecule has 136 valence electrons. The molecule has 2 heterocycles. The van der Waals surface area contributed by atoms with Crippen LogP contribution in [-0.2, 0) is 6.54 Å². The lowest BCUT2D eigenvalue weighted by Gasteiger charge is -2.19. The minimum atomic E-state index is 0.0312. The van der Waals surface area contributed by atoms with Gasteiger partial charge in [0.1, 0.15) is 11.4 Å². The largest absolute Gasteiger partial charge is 0.506 e. The maximum absolute atomic E-state index is 12.4. The van der Waals surface area contributed by atoms with Gasteiger partial charge in [0.25, 0.3) is 0 Å². The zero-order valence-electron chi connectivity index (χ0n) is 14.8. The van der Waals surface area contributed by atoms with E-state index in [1.165, 1.54) is 30.7 Å². The number of rotatable bonds is 6. The number of nitrogens with zero attached hydrogens (tertiary/aromatic N) is 2. The van der Waals surface area contributed by atoms with Gasteiger partial charge < -0.3 is 10.4 Å². The average molecular weight is 351 g/mol. The Hall–Kier alpha value is -2.24. The molecule has 0 amide bonds. The minimum absolute atomic E-state index is 0.0312. The molecule has 1 saturated carbocycles. The van der Waals surface area contributed by atoms with Crippen molar-refractivity contribution in [3.05, 3.63) is 59.9 Å². The number of carbonyl (C=O) groups is 1. The van der Waals surface area contributed by atoms with Crippen molar-refractivity contribution in [3.63, 3.8) is 0 Å². The van der Waals surface area contributed by atoms with E-state index in [1.54, 1.807) is 6.07 Å². The predicted molar refractivity (Wildman–Crippen MR) is 100.0 cm³/mol. The summed E-state index contributed by atoms with van der Waals surface area (Å²) in [5.74, 6) is 1.49. The molecule has 0 radical (unpaired) electrons. The fraction of sp³-hybridized carbons (Fsp3) is 0.429. The van der Waals surface area contributed by atoms with E-state index in [9.17, 15) is 9.90 Å². The summed E-state index contributed by atoms with van der Waals surface area (Å²) in [5, 5.41) is 13.0. The molecule has 1 aromatic heterocycles. The molecule has 1 aliphatic heterocycles. The number of aromatic hydroxyl groups is 1. The van der Waals surface area contributed by atoms with Gasteiger partial charge >= 0.3 is 0 Å². The molecule has 4 rings (SSSR count). The van der Waals surface area contributed by atoms with Gasteiger partial charge in [-0.2, -0.15) is 0 Å². The standard InChI is InChI=1S/C21H25N3O2/c25-19-6-7-20(23-11-19)21(26)14-24-12-16-8-18(9-17(16)13-24)22-10-15-4-2-1-3-5-15/h1-7,11,16-18,22,25H,8-10,12-14H2. The van der Waals surface area contributed by atoms with Crippen LogP contribution in [0.4, 0.5) is 0 Å². The summed E-state index contributed by atoms with van der Waals surface area (Å²) in [7, 11) is 0. The first kappa shape index (κ1) is 17.2. The molecule has 2 aromatic rings. The predicted octanol–water partition coefficient (Wildman–Crippen LogP) is 2.47. The van der Waals surface area contributed by atoms with E-state index in [1.807, 2.05) is 6.07 Å². The topological polar surface area (TPSA) is 65.5 Å². The van der Waals surface area contributed by atoms with Crippen molar-refractivity contribution in [1.29, 1.82) is 0 Å². The normalized spacial score (nSPS) is 25.3. The molecule has 2 unspecified atom stereocenters. The molecule has 1 aromatic carbocycles. The summed E-state index contributed by atoms with van der Waals surface area (Å²) in [4.78, 5) is 18.6. The van der Waals surface area contributed by atoms with Crippen molar-refractivity contribution < 1.29 is 9.90 Å². The molecule has 1 saturated heterocycles. The summed E-state index contributed by atoms with van der Waals surface area (Å²) >= 11 is 0. The second-order valence-electron chi connectivity index (χ2n) is 7.57. The number of carbonyl (C=O) groups excluding carboxylic acids is 1. The fourth-order valence-electron chi connectivity index (χ4n) is 4.39. The van der Waals surface area contributed by atoms with Crippen LogP contribution in [-0.4, -0.2) is 46.4 Å². The first-order valence-electron chi connectivity index (χ1n) is 9.35. The van der Waals surface area contributed by atoms with Gasteiger partial charge in [0, 0.05) is 25.7 Å². The number of nitrogens with one attached hydrogen (secondary N) is 1. The van der Waals surface area contributed by atoms with Crippen molar-refractivity contribution in [1.82, 2.24) is 15.2 Å². The van der Waals surface area contributed by atoms with E-state index >= 15 is 0 Å². The molecule has 5 nitrogen and oxygen atoms in total. The second kappa shape index (κ2) is 7.56. The van der Waals surface area contributed by atoms with Gasteiger partial charge in [0.05, 0.1) is 12.7 Å². The fourth-order valence-corrected chi connectivity index (χ4v) is 4.39. The highest BCUT2D eigenvalue weighted by Crippen LogP contribution is 2.38. The van der Waals surface area contributed by atoms with Crippen molar-refractivity contribution in [2.45, 2.75) is 25.4 Å². The van der Waals surface area contributed by atoms with E-state index < -0.39 is 0 Å². The molecular weight excluding hydrogens is 326 g/mol. The van der Waals surface area contributed by atoms with Crippen molar-refractivity contribution in [3.8, 4) is 5.75 Å². The molecule has 1 aliphatic carbocycles. The number of ketones is 1. The molecule has 2 atom stereocenters. The molecule has 2 N–H and O–H groups in total. The lowest BCUT2D eigenvalue weighted by molar-refractivity contribution is 0.0935. The van der Waals surface area contributed by atoms with E-state index in [0.29, 0.717) is 30.1 Å². The first-order valence-corrected chi connectivity index (χ1v) is 9.35. The van der Waals surface area contributed by atoms with Crippen LogP contribution < -0.4 is 5.32 Å². The lowest BCUT2D eigenvalue weighted by Crippen LogP contribution is -2.32. The van der Waals surface area contributed by atoms with Gasteiger partial charge in [0.15, 0.2) is 5.78 Å². The van der Waals surface area contributed by atoms with Gasteiger partial charge in [-0.15, -0.1) is 0 Å². The van der Waals surface area contributed by atoms with Crippen LogP contribution in [0.5, 0.6) is 5.75 Å². The average Bonchev–Trinajstić information content (AvgIpc) is 3.19. The Kier molecular flexibility index (Phi) is 5.00. The third-order valence-corrected chi connectivity index (χ3v) is 5.67. The van der Waals surface area contributed by atoms with Crippen LogP contribution in [0.15, 0.2) is 48.7 Å². The number of pyridine rings is 1. The molecule has 26 heavy (non-hydrogen) atoms. The smallest absolute Gasteiger partial charge is 0.195 e. The van der Waals surface area contributed by atoms with Crippen LogP contribution >= 0.6 is 0 Å². The summed E-state index contributed by atoms with van der Waals surface area (Å²) < 4.78 is 0. The number of hydrogen-bond acceptors (Lipinski definition) is 5. The second-order valence-corrected chi connectivity index (χ2v) is 7.57. The Labute approximate surface area is 154 Å². The molecule has 5 heteroatoms. The number of likely N-dealkylation sites (tertiary alicyclic amines) is 1. The van der Waals surface area contributed by atoms with E-state index in [2.05, 4.69) is 39.5 Å². The van der Waals surface area contributed by atoms with Gasteiger partial charge in [-0.1, -0.05) is 30.3 Å². The van der Waals surface area contributed by atoms with Crippen LogP contribution in [0.1, 0.15) is 28.9 Å². The Morgan fingerprint density at radius 1 is 1.12 bits per heavy atom. The van der Waals surface area contributed by atoms with Crippen LogP contribution in [0, 0.1) is 11.8 Å². The van der Waals surface area contributed by atoms with Crippen LogP contribution in [0.25, 0.3) is 0 Å². The Balaban J connectivity index is 1.24. The number of hydrogen-bond donors (Lipinski definition) is 2. The molecule has 2 fully saturated rings. The Bertz CT molecular complexity index is 734. The highest BCUT2D eigenvalue weighted by molar-refractivity contribution is 5.95. The maximum Gasteiger partial charge on any atom is 0.195 e. The van der Waals surface area contributed by atoms with E-state index in [0.717, 1.165) is 19.6 Å². The highest BCUT2D eigenvalue weighted by atomic mass is 16.3. The third kappa shape index (κ3) is 3.94. The Morgan fingerprint density at radius 2 is 1.85 bits per heavy atom. The maximum atomic E-state index is 12.4.